The Bertz CT molecular complexity index is 1140. The van der Waals surface area contributed by atoms with Gasteiger partial charge in [-0.1, -0.05) is 23.7 Å². The molecule has 0 atom stereocenters. The third-order valence-corrected chi connectivity index (χ3v) is 5.04. The molecular formula is C18H15ClN6OS. The van der Waals surface area contributed by atoms with Crippen LogP contribution in [-0.4, -0.2) is 44.5 Å². The number of nitrogens with zero attached hydrogens (tertiary/aromatic N) is 4. The highest BCUT2D eigenvalue weighted by Gasteiger charge is 2.13. The van der Waals surface area contributed by atoms with Crippen LogP contribution in [0.4, 0.5) is 10.8 Å². The summed E-state index contributed by atoms with van der Waals surface area (Å²) in [4.78, 5) is 18.2. The molecule has 0 aliphatic heterocycles. The Hall–Kier alpha value is -2.97. The molecule has 0 aliphatic rings. The first kappa shape index (κ1) is 17.4. The molecule has 7 nitrogen and oxygen atoms in total. The van der Waals surface area contributed by atoms with Gasteiger partial charge in [0.2, 0.25) is 5.13 Å². The monoisotopic (exact) mass is 398 g/mol. The smallest absolute Gasteiger partial charge is 0.253 e. The Balaban J connectivity index is 1.61. The van der Waals surface area contributed by atoms with Crippen LogP contribution in [0, 0.1) is 0 Å². The van der Waals surface area contributed by atoms with Gasteiger partial charge in [-0.3, -0.25) is 9.89 Å². The molecule has 2 N–H and O–H groups in total. The molecule has 4 aromatic rings. The van der Waals surface area contributed by atoms with E-state index < -0.39 is 0 Å². The van der Waals surface area contributed by atoms with E-state index >= 15 is 0 Å². The van der Waals surface area contributed by atoms with Crippen LogP contribution in [0.25, 0.3) is 22.3 Å². The molecule has 9 heteroatoms. The summed E-state index contributed by atoms with van der Waals surface area (Å²) in [6.07, 6.45) is 1.68. The lowest BCUT2D eigenvalue weighted by Gasteiger charge is -2.10. The summed E-state index contributed by atoms with van der Waals surface area (Å²) in [7, 11) is 3.44. The zero-order valence-electron chi connectivity index (χ0n) is 14.5. The maximum Gasteiger partial charge on any atom is 0.253 e. The fourth-order valence-corrected chi connectivity index (χ4v) is 3.50. The number of aromatic nitrogens is 4. The Morgan fingerprint density at radius 2 is 2.11 bits per heavy atom. The number of fused-ring (bicyclic) bond motifs is 1. The quantitative estimate of drug-likeness (QED) is 0.538. The second-order valence-electron chi connectivity index (χ2n) is 6.09. The number of carbonyl (C=O) groups excluding carboxylic acids is 1. The van der Waals surface area contributed by atoms with Crippen molar-refractivity contribution in [1.82, 2.24) is 24.5 Å². The van der Waals surface area contributed by atoms with E-state index in [0.29, 0.717) is 21.5 Å². The van der Waals surface area contributed by atoms with Crippen molar-refractivity contribution in [3.8, 4) is 11.4 Å². The van der Waals surface area contributed by atoms with Crippen molar-refractivity contribution < 1.29 is 4.79 Å². The summed E-state index contributed by atoms with van der Waals surface area (Å²) in [5.41, 5.74) is 2.97. The Labute approximate surface area is 164 Å². The molecule has 0 unspecified atom stereocenters. The molecule has 0 fully saturated rings. The molecule has 0 radical (unpaired) electrons. The highest BCUT2D eigenvalue weighted by atomic mass is 35.5. The van der Waals surface area contributed by atoms with Gasteiger partial charge in [0.25, 0.3) is 5.91 Å². The van der Waals surface area contributed by atoms with Crippen LogP contribution in [0.15, 0.2) is 42.6 Å². The molecule has 0 aliphatic carbocycles. The molecule has 2 heterocycles. The van der Waals surface area contributed by atoms with E-state index in [4.69, 9.17) is 11.6 Å². The average Bonchev–Trinajstić information content (AvgIpc) is 3.33. The summed E-state index contributed by atoms with van der Waals surface area (Å²) < 4.78 is 4.39. The number of H-pyrrole nitrogens is 1. The highest BCUT2D eigenvalue weighted by Crippen LogP contribution is 2.33. The predicted molar refractivity (Wildman–Crippen MR) is 108 cm³/mol. The number of hydrogen-bond acceptors (Lipinski definition) is 6. The fourth-order valence-electron chi connectivity index (χ4n) is 2.64. The number of rotatable bonds is 4. The number of anilines is 2. The van der Waals surface area contributed by atoms with Crippen molar-refractivity contribution >= 4 is 50.8 Å². The van der Waals surface area contributed by atoms with Crippen LogP contribution >= 0.6 is 23.1 Å². The second-order valence-corrected chi connectivity index (χ2v) is 7.22. The molecule has 27 heavy (non-hydrogen) atoms. The summed E-state index contributed by atoms with van der Waals surface area (Å²) >= 11 is 7.66. The molecule has 0 bridgehead atoms. The minimum atomic E-state index is -0.0642. The summed E-state index contributed by atoms with van der Waals surface area (Å²) in [6, 6.07) is 11.0. The zero-order valence-corrected chi connectivity index (χ0v) is 16.1. The van der Waals surface area contributed by atoms with E-state index in [9.17, 15) is 4.79 Å². The van der Waals surface area contributed by atoms with Crippen LogP contribution < -0.4 is 5.32 Å². The number of nitrogens with one attached hydrogen (secondary N) is 2. The topological polar surface area (TPSA) is 86.8 Å². The number of halogens is 1. The second kappa shape index (κ2) is 6.98. The predicted octanol–water partition coefficient (Wildman–Crippen LogP) is 4.18. The minimum Gasteiger partial charge on any atom is -0.345 e. The van der Waals surface area contributed by atoms with Crippen molar-refractivity contribution in [2.45, 2.75) is 0 Å². The van der Waals surface area contributed by atoms with Crippen molar-refractivity contribution in [3.05, 3.63) is 53.2 Å². The standard InChI is InChI=1S/C18H15ClN6OS/c1-25(2)17(26)11-5-3-4-10(8-11)16-22-18(27-24-16)21-14-7-6-13-12(15(14)19)9-20-23-13/h3-9H,1-2H3,(H,20,23)(H,21,22,24). The van der Waals surface area contributed by atoms with Crippen LogP contribution in [0.1, 0.15) is 10.4 Å². The van der Waals surface area contributed by atoms with E-state index in [0.717, 1.165) is 22.2 Å². The third-order valence-electron chi connectivity index (χ3n) is 4.00. The van der Waals surface area contributed by atoms with Gasteiger partial charge < -0.3 is 10.2 Å². The molecule has 0 saturated heterocycles. The maximum atomic E-state index is 12.1. The first-order valence-electron chi connectivity index (χ1n) is 8.07. The van der Waals surface area contributed by atoms with Gasteiger partial charge in [0.05, 0.1) is 22.4 Å². The zero-order chi connectivity index (χ0) is 19.0. The number of hydrogen-bond donors (Lipinski definition) is 2. The first-order valence-corrected chi connectivity index (χ1v) is 9.22. The van der Waals surface area contributed by atoms with Crippen LogP contribution in [-0.2, 0) is 0 Å². The summed E-state index contributed by atoms with van der Waals surface area (Å²) in [5.74, 6) is 0.488. The first-order chi connectivity index (χ1) is 13.0. The summed E-state index contributed by atoms with van der Waals surface area (Å²) in [5, 5.41) is 12.1. The van der Waals surface area contributed by atoms with E-state index in [2.05, 4.69) is 24.9 Å². The number of amides is 1. The van der Waals surface area contributed by atoms with Gasteiger partial charge in [-0.05, 0) is 24.3 Å². The lowest BCUT2D eigenvalue weighted by atomic mass is 10.1. The lowest BCUT2D eigenvalue weighted by molar-refractivity contribution is 0.0827. The van der Waals surface area contributed by atoms with Gasteiger partial charge >= 0.3 is 0 Å². The number of carbonyl (C=O) groups is 1. The van der Waals surface area contributed by atoms with Gasteiger partial charge in [0.1, 0.15) is 0 Å². The van der Waals surface area contributed by atoms with E-state index in [-0.39, 0.29) is 5.91 Å². The van der Waals surface area contributed by atoms with Crippen molar-refractivity contribution in [2.75, 3.05) is 19.4 Å². The normalized spacial score (nSPS) is 10.9. The molecule has 4 rings (SSSR count). The SMILES string of the molecule is CN(C)C(=O)c1cccc(-c2nsc(Nc3ccc4[nH]ncc4c3Cl)n2)c1. The van der Waals surface area contributed by atoms with Crippen molar-refractivity contribution in [3.63, 3.8) is 0 Å². The molecule has 2 aromatic carbocycles. The Kier molecular flexibility index (Phi) is 4.51. The fraction of sp³-hybridized carbons (Fsp3) is 0.111. The molecule has 136 valence electrons. The van der Waals surface area contributed by atoms with E-state index in [1.165, 1.54) is 16.4 Å². The van der Waals surface area contributed by atoms with Crippen LogP contribution in [0.2, 0.25) is 5.02 Å². The highest BCUT2D eigenvalue weighted by molar-refractivity contribution is 7.10. The molecule has 0 saturated carbocycles. The van der Waals surface area contributed by atoms with Gasteiger partial charge in [-0.25, -0.2) is 0 Å². The third kappa shape index (κ3) is 3.36. The van der Waals surface area contributed by atoms with Gasteiger partial charge in [0, 0.05) is 42.1 Å². The Morgan fingerprint density at radius 3 is 2.93 bits per heavy atom. The van der Waals surface area contributed by atoms with Crippen LogP contribution in [0.3, 0.4) is 0 Å². The van der Waals surface area contributed by atoms with E-state index in [1.54, 1.807) is 32.4 Å². The van der Waals surface area contributed by atoms with E-state index in [1.807, 2.05) is 24.3 Å². The van der Waals surface area contributed by atoms with Crippen molar-refractivity contribution in [2.24, 2.45) is 0 Å². The van der Waals surface area contributed by atoms with Gasteiger partial charge in [-0.15, -0.1) is 0 Å². The largest absolute Gasteiger partial charge is 0.345 e. The molecule has 2 aromatic heterocycles. The van der Waals surface area contributed by atoms with Crippen LogP contribution in [0.5, 0.6) is 0 Å². The minimum absolute atomic E-state index is 0.0642. The Morgan fingerprint density at radius 1 is 1.26 bits per heavy atom. The summed E-state index contributed by atoms with van der Waals surface area (Å²) in [6.45, 7) is 0. The maximum absolute atomic E-state index is 12.1. The van der Waals surface area contributed by atoms with Gasteiger partial charge in [-0.2, -0.15) is 14.5 Å². The average molecular weight is 399 g/mol. The van der Waals surface area contributed by atoms with Crippen molar-refractivity contribution in [1.29, 1.82) is 0 Å². The molecule has 0 spiro atoms. The molecular weight excluding hydrogens is 384 g/mol. The number of benzene rings is 2. The van der Waals surface area contributed by atoms with Gasteiger partial charge in [0.15, 0.2) is 5.82 Å². The molecule has 1 amide bonds. The number of aromatic amines is 1. The lowest BCUT2D eigenvalue weighted by Crippen LogP contribution is -2.21.